The van der Waals surface area contributed by atoms with Gasteiger partial charge in [0.2, 0.25) is 0 Å². The molecule has 0 aliphatic carbocycles. The Bertz CT molecular complexity index is 882. The van der Waals surface area contributed by atoms with E-state index in [9.17, 15) is 15.0 Å². The van der Waals surface area contributed by atoms with Crippen LogP contribution in [0.15, 0.2) is 48.5 Å². The summed E-state index contributed by atoms with van der Waals surface area (Å²) >= 11 is 0. The van der Waals surface area contributed by atoms with Crippen LogP contribution in [0.3, 0.4) is 0 Å². The van der Waals surface area contributed by atoms with Gasteiger partial charge in [-0.2, -0.15) is 0 Å². The number of imidazole rings is 1. The van der Waals surface area contributed by atoms with Crippen molar-refractivity contribution in [2.45, 2.75) is 32.9 Å². The van der Waals surface area contributed by atoms with Gasteiger partial charge in [0.25, 0.3) is 0 Å². The maximum Gasteiger partial charge on any atom is 0.326 e. The van der Waals surface area contributed by atoms with Crippen molar-refractivity contribution in [3.05, 3.63) is 54.1 Å². The average Bonchev–Trinajstić information content (AvgIpc) is 2.98. The van der Waals surface area contributed by atoms with Crippen LogP contribution in [0, 0.1) is 5.92 Å². The molecular weight excluding hydrogens is 316 g/mol. The summed E-state index contributed by atoms with van der Waals surface area (Å²) in [7, 11) is 0. The Morgan fingerprint density at radius 3 is 2.40 bits per heavy atom. The van der Waals surface area contributed by atoms with Crippen molar-refractivity contribution in [1.29, 1.82) is 0 Å². The summed E-state index contributed by atoms with van der Waals surface area (Å²) in [6.07, 6.45) is 0.525. The number of benzene rings is 2. The third kappa shape index (κ3) is 3.42. The van der Waals surface area contributed by atoms with Gasteiger partial charge in [0.05, 0.1) is 17.6 Å². The van der Waals surface area contributed by atoms with Crippen molar-refractivity contribution in [2.75, 3.05) is 0 Å². The lowest BCUT2D eigenvalue weighted by atomic mass is 10.0. The number of carboxylic acids is 1. The number of carboxylic acid groups (broad SMARTS) is 1. The number of rotatable bonds is 6. The molecule has 5 nitrogen and oxygen atoms in total. The van der Waals surface area contributed by atoms with Crippen LogP contribution in [-0.4, -0.2) is 25.7 Å². The van der Waals surface area contributed by atoms with Crippen molar-refractivity contribution in [2.24, 2.45) is 5.92 Å². The Kier molecular flexibility index (Phi) is 4.86. The minimum Gasteiger partial charge on any atom is -0.480 e. The molecule has 2 N–H and O–H groups in total. The van der Waals surface area contributed by atoms with E-state index in [1.54, 1.807) is 0 Å². The third-order valence-electron chi connectivity index (χ3n) is 4.28. The monoisotopic (exact) mass is 338 g/mol. The molecule has 0 spiro atoms. The molecule has 5 heteroatoms. The van der Waals surface area contributed by atoms with E-state index in [4.69, 9.17) is 0 Å². The fourth-order valence-corrected chi connectivity index (χ4v) is 3.09. The summed E-state index contributed by atoms with van der Waals surface area (Å²) in [5.41, 5.74) is 3.24. The molecule has 2 aromatic carbocycles. The summed E-state index contributed by atoms with van der Waals surface area (Å²) < 4.78 is 1.83. The zero-order valence-corrected chi connectivity index (χ0v) is 14.4. The standard InChI is InChI=1S/C20H22N2O3/c1-13(2)11-18(20(24)25)22-17-6-4-3-5-16(17)21-19(22)15-9-7-14(12-23)8-10-15/h3-10,13,18,23H,11-12H2,1-2H3,(H,24,25). The Morgan fingerprint density at radius 2 is 1.80 bits per heavy atom. The highest BCUT2D eigenvalue weighted by Gasteiger charge is 2.26. The number of nitrogens with zero attached hydrogens (tertiary/aromatic N) is 2. The highest BCUT2D eigenvalue weighted by Crippen LogP contribution is 2.31. The van der Waals surface area contributed by atoms with E-state index >= 15 is 0 Å². The third-order valence-corrected chi connectivity index (χ3v) is 4.28. The Balaban J connectivity index is 2.21. The summed E-state index contributed by atoms with van der Waals surface area (Å²) in [5, 5.41) is 19.1. The van der Waals surface area contributed by atoms with Gasteiger partial charge >= 0.3 is 5.97 Å². The minimum absolute atomic E-state index is 0.0260. The van der Waals surface area contributed by atoms with E-state index in [0.29, 0.717) is 12.2 Å². The fraction of sp³-hybridized carbons (Fsp3) is 0.300. The number of fused-ring (bicyclic) bond motifs is 1. The van der Waals surface area contributed by atoms with Crippen molar-refractivity contribution in [3.8, 4) is 11.4 Å². The van der Waals surface area contributed by atoms with Gasteiger partial charge < -0.3 is 14.8 Å². The van der Waals surface area contributed by atoms with E-state index < -0.39 is 12.0 Å². The van der Waals surface area contributed by atoms with Crippen molar-refractivity contribution in [3.63, 3.8) is 0 Å². The molecular formula is C20H22N2O3. The number of aliphatic hydroxyl groups is 1. The molecule has 1 heterocycles. The molecule has 0 aliphatic rings. The van der Waals surface area contributed by atoms with Crippen molar-refractivity contribution >= 4 is 17.0 Å². The summed E-state index contributed by atoms with van der Waals surface area (Å²) in [5.74, 6) is 0.0238. The van der Waals surface area contributed by atoms with Crippen LogP contribution in [0.2, 0.25) is 0 Å². The van der Waals surface area contributed by atoms with Crippen LogP contribution in [0.4, 0.5) is 0 Å². The second-order valence-corrected chi connectivity index (χ2v) is 6.63. The van der Waals surface area contributed by atoms with Crippen LogP contribution < -0.4 is 0 Å². The molecule has 25 heavy (non-hydrogen) atoms. The van der Waals surface area contributed by atoms with Crippen LogP contribution in [-0.2, 0) is 11.4 Å². The Hall–Kier alpha value is -2.66. The van der Waals surface area contributed by atoms with Crippen LogP contribution >= 0.6 is 0 Å². The maximum atomic E-state index is 12.0. The SMILES string of the molecule is CC(C)CC(C(=O)O)n1c(-c2ccc(CO)cc2)nc2ccccc21. The Labute approximate surface area is 146 Å². The Morgan fingerprint density at radius 1 is 1.12 bits per heavy atom. The molecule has 3 aromatic rings. The number of carbonyl (C=O) groups is 1. The predicted molar refractivity (Wildman–Crippen MR) is 97.2 cm³/mol. The molecule has 1 atom stereocenters. The molecule has 0 saturated carbocycles. The summed E-state index contributed by atoms with van der Waals surface area (Å²) in [4.78, 5) is 16.7. The van der Waals surface area contributed by atoms with Crippen molar-refractivity contribution in [1.82, 2.24) is 9.55 Å². The minimum atomic E-state index is -0.856. The van der Waals surface area contributed by atoms with Gasteiger partial charge in [0.15, 0.2) is 0 Å². The van der Waals surface area contributed by atoms with Gasteiger partial charge in [-0.1, -0.05) is 50.2 Å². The quantitative estimate of drug-likeness (QED) is 0.715. The number of aliphatic carboxylic acids is 1. The van der Waals surface area contributed by atoms with Gasteiger partial charge in [-0.3, -0.25) is 0 Å². The first kappa shape index (κ1) is 17.2. The number of aromatic nitrogens is 2. The van der Waals surface area contributed by atoms with Gasteiger partial charge in [-0.25, -0.2) is 9.78 Å². The number of hydrogen-bond donors (Lipinski definition) is 2. The number of hydrogen-bond acceptors (Lipinski definition) is 3. The molecule has 0 aliphatic heterocycles. The zero-order chi connectivity index (χ0) is 18.0. The van der Waals surface area contributed by atoms with Crippen LogP contribution in [0.5, 0.6) is 0 Å². The predicted octanol–water partition coefficient (Wildman–Crippen LogP) is 3.87. The van der Waals surface area contributed by atoms with E-state index in [0.717, 1.165) is 22.2 Å². The first-order chi connectivity index (χ1) is 12.0. The second-order valence-electron chi connectivity index (χ2n) is 6.63. The first-order valence-electron chi connectivity index (χ1n) is 8.41. The smallest absolute Gasteiger partial charge is 0.326 e. The largest absolute Gasteiger partial charge is 0.480 e. The molecule has 1 unspecified atom stereocenters. The second kappa shape index (κ2) is 7.07. The zero-order valence-electron chi connectivity index (χ0n) is 14.4. The highest BCUT2D eigenvalue weighted by atomic mass is 16.4. The van der Waals surface area contributed by atoms with Gasteiger partial charge in [-0.15, -0.1) is 0 Å². The van der Waals surface area contributed by atoms with E-state index in [1.165, 1.54) is 0 Å². The van der Waals surface area contributed by atoms with Crippen LogP contribution in [0.25, 0.3) is 22.4 Å². The molecule has 3 rings (SSSR count). The molecule has 130 valence electrons. The normalized spacial score (nSPS) is 12.6. The van der Waals surface area contributed by atoms with Crippen molar-refractivity contribution < 1.29 is 15.0 Å². The molecule has 0 bridgehead atoms. The number of aliphatic hydroxyl groups excluding tert-OH is 1. The van der Waals surface area contributed by atoms with Gasteiger partial charge in [0.1, 0.15) is 11.9 Å². The molecule has 0 saturated heterocycles. The van der Waals surface area contributed by atoms with Gasteiger partial charge in [-0.05, 0) is 30.0 Å². The first-order valence-corrected chi connectivity index (χ1v) is 8.41. The molecule has 0 radical (unpaired) electrons. The summed E-state index contributed by atoms with van der Waals surface area (Å²) in [6, 6.07) is 14.3. The highest BCUT2D eigenvalue weighted by molar-refractivity contribution is 5.84. The topological polar surface area (TPSA) is 75.3 Å². The summed E-state index contributed by atoms with van der Waals surface area (Å²) in [6.45, 7) is 4.01. The van der Waals surface area contributed by atoms with Gasteiger partial charge in [0, 0.05) is 5.56 Å². The fourth-order valence-electron chi connectivity index (χ4n) is 3.09. The van der Waals surface area contributed by atoms with E-state index in [1.807, 2.05) is 66.9 Å². The lowest BCUT2D eigenvalue weighted by Gasteiger charge is -2.20. The van der Waals surface area contributed by atoms with E-state index in [-0.39, 0.29) is 12.5 Å². The van der Waals surface area contributed by atoms with Crippen LogP contribution in [0.1, 0.15) is 31.9 Å². The maximum absolute atomic E-state index is 12.0. The average molecular weight is 338 g/mol. The molecule has 1 aromatic heterocycles. The lowest BCUT2D eigenvalue weighted by Crippen LogP contribution is -2.21. The lowest BCUT2D eigenvalue weighted by molar-refractivity contribution is -0.141. The molecule has 0 amide bonds. The molecule has 0 fully saturated rings. The number of para-hydroxylation sites is 2. The van der Waals surface area contributed by atoms with E-state index in [2.05, 4.69) is 4.98 Å².